The summed E-state index contributed by atoms with van der Waals surface area (Å²) >= 11 is 0. The minimum atomic E-state index is -0.888. The number of nitrogens with zero attached hydrogens (tertiary/aromatic N) is 2. The van der Waals surface area contributed by atoms with Crippen molar-refractivity contribution in [2.24, 2.45) is 17.6 Å². The summed E-state index contributed by atoms with van der Waals surface area (Å²) in [7, 11) is 0. The van der Waals surface area contributed by atoms with E-state index >= 15 is 0 Å². The smallest absolute Gasteiger partial charge is 0.325 e. The van der Waals surface area contributed by atoms with Gasteiger partial charge in [-0.15, -0.1) is 0 Å². The van der Waals surface area contributed by atoms with Gasteiger partial charge < -0.3 is 16.4 Å². The van der Waals surface area contributed by atoms with Crippen LogP contribution in [0.2, 0.25) is 0 Å². The first-order chi connectivity index (χ1) is 14.8. The second-order valence-corrected chi connectivity index (χ2v) is 9.02. The summed E-state index contributed by atoms with van der Waals surface area (Å²) in [6, 6.07) is 6.91. The lowest BCUT2D eigenvalue weighted by molar-refractivity contribution is -0.134. The van der Waals surface area contributed by atoms with Crippen LogP contribution in [0.25, 0.3) is 0 Å². The molecule has 4 N–H and O–H groups in total. The molecule has 2 heterocycles. The highest BCUT2D eigenvalue weighted by Gasteiger charge is 2.56. The molecule has 0 radical (unpaired) electrons. The zero-order valence-corrected chi connectivity index (χ0v) is 17.7. The first kappa shape index (κ1) is 21.3. The molecule has 1 saturated carbocycles. The summed E-state index contributed by atoms with van der Waals surface area (Å²) < 4.78 is 0. The highest BCUT2D eigenvalue weighted by molar-refractivity contribution is 6.10. The Morgan fingerprint density at radius 3 is 2.55 bits per heavy atom. The minimum Gasteiger partial charge on any atom is -0.369 e. The van der Waals surface area contributed by atoms with Crippen LogP contribution < -0.4 is 16.4 Å². The number of rotatable bonds is 7. The topological polar surface area (TPSA) is 125 Å². The second-order valence-electron chi connectivity index (χ2n) is 9.02. The molecule has 0 spiro atoms. The number of amides is 5. The lowest BCUT2D eigenvalue weighted by Gasteiger charge is -2.31. The van der Waals surface area contributed by atoms with Crippen LogP contribution in [-0.2, 0) is 20.9 Å². The average molecular weight is 428 g/mol. The Balaban J connectivity index is 1.30. The van der Waals surface area contributed by atoms with E-state index in [9.17, 15) is 19.2 Å². The molecule has 1 aliphatic carbocycles. The van der Waals surface area contributed by atoms with Gasteiger partial charge >= 0.3 is 6.03 Å². The van der Waals surface area contributed by atoms with E-state index in [2.05, 4.69) is 15.5 Å². The third-order valence-electron chi connectivity index (χ3n) is 6.55. The van der Waals surface area contributed by atoms with Gasteiger partial charge in [-0.25, -0.2) is 4.79 Å². The Kier molecular flexibility index (Phi) is 5.70. The number of nitrogens with one attached hydrogen (secondary N) is 2. The molecular weight excluding hydrogens is 398 g/mol. The van der Waals surface area contributed by atoms with Crippen molar-refractivity contribution < 1.29 is 19.2 Å². The van der Waals surface area contributed by atoms with Crippen LogP contribution in [0.3, 0.4) is 0 Å². The van der Waals surface area contributed by atoms with Gasteiger partial charge in [-0.1, -0.05) is 12.1 Å². The third kappa shape index (κ3) is 4.56. The van der Waals surface area contributed by atoms with Crippen molar-refractivity contribution in [3.05, 3.63) is 29.8 Å². The highest BCUT2D eigenvalue weighted by atomic mass is 16.2. The molecule has 31 heavy (non-hydrogen) atoms. The molecule has 2 saturated heterocycles. The number of urea groups is 1. The zero-order chi connectivity index (χ0) is 22.2. The van der Waals surface area contributed by atoms with Gasteiger partial charge in [0, 0.05) is 18.8 Å². The molecule has 2 aliphatic heterocycles. The van der Waals surface area contributed by atoms with Gasteiger partial charge in [0.15, 0.2) is 0 Å². The zero-order valence-electron chi connectivity index (χ0n) is 17.7. The van der Waals surface area contributed by atoms with Crippen molar-refractivity contribution in [1.29, 1.82) is 0 Å². The summed E-state index contributed by atoms with van der Waals surface area (Å²) in [5, 5.41) is 5.49. The molecule has 2 atom stereocenters. The molecular formula is C22H29N5O4. The van der Waals surface area contributed by atoms with E-state index in [0.29, 0.717) is 18.8 Å². The van der Waals surface area contributed by atoms with Gasteiger partial charge in [0.25, 0.3) is 5.91 Å². The third-order valence-corrected chi connectivity index (χ3v) is 6.55. The number of nitrogens with two attached hydrogens (primary N) is 1. The lowest BCUT2D eigenvalue weighted by atomic mass is 9.96. The van der Waals surface area contributed by atoms with Crippen molar-refractivity contribution >= 4 is 29.4 Å². The summed E-state index contributed by atoms with van der Waals surface area (Å²) in [6.07, 6.45) is 3.61. The van der Waals surface area contributed by atoms with Crippen molar-refractivity contribution in [3.8, 4) is 0 Å². The molecule has 2 unspecified atom stereocenters. The minimum absolute atomic E-state index is 0.0976. The van der Waals surface area contributed by atoms with Crippen LogP contribution >= 0.6 is 0 Å². The largest absolute Gasteiger partial charge is 0.369 e. The van der Waals surface area contributed by atoms with Gasteiger partial charge in [0.2, 0.25) is 11.8 Å². The molecule has 3 fully saturated rings. The van der Waals surface area contributed by atoms with E-state index in [4.69, 9.17) is 5.73 Å². The Labute approximate surface area is 181 Å². The van der Waals surface area contributed by atoms with Crippen LogP contribution in [0.5, 0.6) is 0 Å². The first-order valence-corrected chi connectivity index (χ1v) is 10.8. The number of piperidine rings is 1. The van der Waals surface area contributed by atoms with Gasteiger partial charge in [-0.3, -0.25) is 24.2 Å². The molecule has 9 nitrogen and oxygen atoms in total. The van der Waals surface area contributed by atoms with Crippen molar-refractivity contribution in [2.75, 3.05) is 25.0 Å². The summed E-state index contributed by atoms with van der Waals surface area (Å²) in [5.74, 6) is -0.939. The fourth-order valence-electron chi connectivity index (χ4n) is 4.52. The van der Waals surface area contributed by atoms with Crippen molar-refractivity contribution in [3.63, 3.8) is 0 Å². The van der Waals surface area contributed by atoms with Crippen molar-refractivity contribution in [2.45, 2.75) is 44.7 Å². The van der Waals surface area contributed by atoms with E-state index in [-0.39, 0.29) is 30.2 Å². The molecule has 4 rings (SSSR count). The van der Waals surface area contributed by atoms with E-state index in [1.807, 2.05) is 12.1 Å². The number of primary amides is 1. The maximum Gasteiger partial charge on any atom is 0.325 e. The second kappa shape index (κ2) is 8.30. The molecule has 5 amide bonds. The fourth-order valence-corrected chi connectivity index (χ4v) is 4.52. The van der Waals surface area contributed by atoms with Crippen LogP contribution in [0.15, 0.2) is 24.3 Å². The predicted molar refractivity (Wildman–Crippen MR) is 114 cm³/mol. The monoisotopic (exact) mass is 427 g/mol. The maximum atomic E-state index is 12.6. The normalized spacial score (nSPS) is 26.6. The van der Waals surface area contributed by atoms with Crippen LogP contribution in [-0.4, -0.2) is 58.7 Å². The average Bonchev–Trinajstić information content (AvgIpc) is 3.56. The number of likely N-dealkylation sites (tertiary alicyclic amines) is 1. The standard InChI is InChI=1S/C22H29N5O4/c1-22(16-6-7-16)20(30)27(21(31)25-22)13-18(28)24-17-8-4-14(5-9-17)11-26-10-2-3-15(12-26)19(23)29/h4-5,8-9,15-16H,2-3,6-7,10-13H2,1H3,(H2,23,29)(H,24,28)(H,25,31). The summed E-state index contributed by atoms with van der Waals surface area (Å²) in [6.45, 7) is 3.72. The van der Waals surface area contributed by atoms with E-state index in [0.717, 1.165) is 42.7 Å². The van der Waals surface area contributed by atoms with E-state index in [1.54, 1.807) is 19.1 Å². The summed E-state index contributed by atoms with van der Waals surface area (Å²) in [5.41, 5.74) is 6.22. The van der Waals surface area contributed by atoms with Gasteiger partial charge in [-0.2, -0.15) is 0 Å². The van der Waals surface area contributed by atoms with Crippen LogP contribution in [0, 0.1) is 11.8 Å². The molecule has 0 aromatic heterocycles. The number of hydrogen-bond acceptors (Lipinski definition) is 5. The van der Waals surface area contributed by atoms with E-state index in [1.165, 1.54) is 0 Å². The van der Waals surface area contributed by atoms with Gasteiger partial charge in [0.05, 0.1) is 5.92 Å². The molecule has 3 aliphatic rings. The quantitative estimate of drug-likeness (QED) is 0.561. The van der Waals surface area contributed by atoms with Gasteiger partial charge in [0.1, 0.15) is 12.1 Å². The molecule has 1 aromatic carbocycles. The SMILES string of the molecule is CC1(C2CC2)NC(=O)N(CC(=O)Nc2ccc(CN3CCCC(C(N)=O)C3)cc2)C1=O. The van der Waals surface area contributed by atoms with Crippen LogP contribution in [0.1, 0.15) is 38.2 Å². The maximum absolute atomic E-state index is 12.6. The number of imide groups is 1. The number of benzene rings is 1. The number of carbonyl (C=O) groups excluding carboxylic acids is 4. The predicted octanol–water partition coefficient (Wildman–Crippen LogP) is 1.04. The van der Waals surface area contributed by atoms with Gasteiger partial charge in [-0.05, 0) is 62.8 Å². The Bertz CT molecular complexity index is 898. The lowest BCUT2D eigenvalue weighted by Crippen LogP contribution is -2.46. The Morgan fingerprint density at radius 1 is 1.19 bits per heavy atom. The number of carbonyl (C=O) groups is 4. The van der Waals surface area contributed by atoms with Crippen LogP contribution in [0.4, 0.5) is 10.5 Å². The molecule has 166 valence electrons. The first-order valence-electron chi connectivity index (χ1n) is 10.8. The Hall–Kier alpha value is -2.94. The fraction of sp³-hybridized carbons (Fsp3) is 0.545. The highest BCUT2D eigenvalue weighted by Crippen LogP contribution is 2.42. The summed E-state index contributed by atoms with van der Waals surface area (Å²) in [4.78, 5) is 51.9. The molecule has 9 heteroatoms. The molecule has 0 bridgehead atoms. The Morgan fingerprint density at radius 2 is 1.90 bits per heavy atom. The number of hydrogen-bond donors (Lipinski definition) is 3. The van der Waals surface area contributed by atoms with Crippen molar-refractivity contribution in [1.82, 2.24) is 15.1 Å². The van der Waals surface area contributed by atoms with E-state index < -0.39 is 17.5 Å². The molecule has 1 aromatic rings. The number of anilines is 1.